The molecule has 1 heterocycles. The Morgan fingerprint density at radius 1 is 0.962 bits per heavy atom. The maximum absolute atomic E-state index is 6.34. The normalized spacial score (nSPS) is 15.5. The summed E-state index contributed by atoms with van der Waals surface area (Å²) < 4.78 is 22.8. The van der Waals surface area contributed by atoms with Crippen molar-refractivity contribution in [2.75, 3.05) is 20.8 Å². The number of hydrogen-bond acceptors (Lipinski definition) is 4. The first-order chi connectivity index (χ1) is 12.7. The average molecular weight is 354 g/mol. The molecule has 1 aliphatic heterocycles. The third-order valence-corrected chi connectivity index (χ3v) is 4.49. The molecule has 0 bridgehead atoms. The molecular weight excluding hydrogens is 328 g/mol. The van der Waals surface area contributed by atoms with E-state index in [0.29, 0.717) is 6.61 Å². The molecule has 2 aromatic carbocycles. The van der Waals surface area contributed by atoms with E-state index in [1.165, 1.54) is 0 Å². The minimum atomic E-state index is 0.00127. The maximum Gasteiger partial charge on any atom is 0.161 e. The third kappa shape index (κ3) is 3.64. The van der Waals surface area contributed by atoms with Crippen molar-refractivity contribution in [1.29, 1.82) is 0 Å². The van der Waals surface area contributed by atoms with Crippen molar-refractivity contribution in [1.82, 2.24) is 0 Å². The zero-order valence-electron chi connectivity index (χ0n) is 15.9. The van der Waals surface area contributed by atoms with Crippen LogP contribution in [0.1, 0.15) is 49.5 Å². The van der Waals surface area contributed by atoms with Gasteiger partial charge in [0.1, 0.15) is 17.6 Å². The van der Waals surface area contributed by atoms with Crippen LogP contribution in [0.5, 0.6) is 17.2 Å². The highest BCUT2D eigenvalue weighted by Gasteiger charge is 2.25. The molecule has 4 nitrogen and oxygen atoms in total. The molecule has 1 aliphatic rings. The molecule has 1 atom stereocenters. The van der Waals surface area contributed by atoms with Crippen molar-refractivity contribution >= 4 is 11.8 Å². The summed E-state index contributed by atoms with van der Waals surface area (Å²) in [6.07, 6.45) is 4.05. The molecular formula is C22H26O4. The second-order valence-corrected chi connectivity index (χ2v) is 6.20. The molecule has 4 heteroatoms. The van der Waals surface area contributed by atoms with Gasteiger partial charge in [-0.15, -0.1) is 0 Å². The largest absolute Gasteiger partial charge is 0.494 e. The van der Waals surface area contributed by atoms with Gasteiger partial charge in [-0.05, 0) is 61.4 Å². The number of hydrogen-bond donors (Lipinski definition) is 0. The monoisotopic (exact) mass is 354 g/mol. The fourth-order valence-electron chi connectivity index (χ4n) is 3.22. The van der Waals surface area contributed by atoms with Gasteiger partial charge in [0.15, 0.2) is 11.5 Å². The second kappa shape index (κ2) is 8.17. The second-order valence-electron chi connectivity index (χ2n) is 6.20. The van der Waals surface area contributed by atoms with Crippen LogP contribution in [0.25, 0.3) is 11.8 Å². The quantitative estimate of drug-likeness (QED) is 0.660. The Bertz CT molecular complexity index is 777. The van der Waals surface area contributed by atoms with Crippen LogP contribution >= 0.6 is 0 Å². The first-order valence-corrected chi connectivity index (χ1v) is 9.07. The van der Waals surface area contributed by atoms with E-state index < -0.39 is 0 Å². The lowest BCUT2D eigenvalue weighted by Gasteiger charge is -2.28. The zero-order chi connectivity index (χ0) is 18.5. The minimum Gasteiger partial charge on any atom is -0.494 e. The molecule has 0 spiro atoms. The minimum absolute atomic E-state index is 0.00127. The summed E-state index contributed by atoms with van der Waals surface area (Å²) in [7, 11) is 3.31. The SMILES string of the molecule is CCCC1OC(c2ccc(OCC)cc2)=Cc2cc(OC)c(OC)cc21. The topological polar surface area (TPSA) is 36.9 Å². The van der Waals surface area contributed by atoms with Crippen LogP contribution in [0.2, 0.25) is 0 Å². The Kier molecular flexibility index (Phi) is 5.71. The van der Waals surface area contributed by atoms with Crippen LogP contribution in [-0.2, 0) is 4.74 Å². The standard InChI is InChI=1S/C22H26O4/c1-5-7-19-18-14-22(24-4)21(23-3)13-16(18)12-20(26-19)15-8-10-17(11-9-15)25-6-2/h8-14,19H,5-7H2,1-4H3. The fraction of sp³-hybridized carbons (Fsp3) is 0.364. The van der Waals surface area contributed by atoms with Gasteiger partial charge < -0.3 is 18.9 Å². The van der Waals surface area contributed by atoms with Crippen molar-refractivity contribution in [3.8, 4) is 17.2 Å². The van der Waals surface area contributed by atoms with Crippen molar-refractivity contribution < 1.29 is 18.9 Å². The average Bonchev–Trinajstić information content (AvgIpc) is 2.68. The van der Waals surface area contributed by atoms with Gasteiger partial charge >= 0.3 is 0 Å². The van der Waals surface area contributed by atoms with E-state index in [0.717, 1.165) is 52.5 Å². The number of ether oxygens (including phenoxy) is 4. The summed E-state index contributed by atoms with van der Waals surface area (Å²) in [6, 6.07) is 12.1. The van der Waals surface area contributed by atoms with E-state index in [2.05, 4.69) is 13.0 Å². The van der Waals surface area contributed by atoms with Crippen molar-refractivity contribution in [3.63, 3.8) is 0 Å². The Morgan fingerprint density at radius 2 is 1.65 bits per heavy atom. The maximum atomic E-state index is 6.34. The zero-order valence-corrected chi connectivity index (χ0v) is 15.9. The lowest BCUT2D eigenvalue weighted by molar-refractivity contribution is 0.155. The van der Waals surface area contributed by atoms with Gasteiger partial charge in [0.05, 0.1) is 20.8 Å². The van der Waals surface area contributed by atoms with Crippen molar-refractivity contribution in [2.24, 2.45) is 0 Å². The first-order valence-electron chi connectivity index (χ1n) is 9.07. The molecule has 0 N–H and O–H groups in total. The van der Waals surface area contributed by atoms with Crippen molar-refractivity contribution in [3.05, 3.63) is 53.1 Å². The molecule has 2 aromatic rings. The smallest absolute Gasteiger partial charge is 0.161 e. The lowest BCUT2D eigenvalue weighted by atomic mass is 9.94. The van der Waals surface area contributed by atoms with Crippen LogP contribution in [0.3, 0.4) is 0 Å². The van der Waals surface area contributed by atoms with Crippen LogP contribution < -0.4 is 14.2 Å². The highest BCUT2D eigenvalue weighted by Crippen LogP contribution is 2.42. The van der Waals surface area contributed by atoms with Crippen LogP contribution in [0, 0.1) is 0 Å². The molecule has 3 rings (SSSR count). The summed E-state index contributed by atoms with van der Waals surface area (Å²) in [4.78, 5) is 0. The first kappa shape index (κ1) is 18.2. The molecule has 0 fully saturated rings. The number of methoxy groups -OCH3 is 2. The van der Waals surface area contributed by atoms with E-state index in [4.69, 9.17) is 18.9 Å². The van der Waals surface area contributed by atoms with Gasteiger partial charge in [0.25, 0.3) is 0 Å². The summed E-state index contributed by atoms with van der Waals surface area (Å²) in [5, 5.41) is 0. The van der Waals surface area contributed by atoms with Gasteiger partial charge in [-0.2, -0.15) is 0 Å². The Hall–Kier alpha value is -2.62. The van der Waals surface area contributed by atoms with Gasteiger partial charge in [0.2, 0.25) is 0 Å². The summed E-state index contributed by atoms with van der Waals surface area (Å²) in [5.41, 5.74) is 3.28. The number of rotatable bonds is 7. The van der Waals surface area contributed by atoms with Crippen molar-refractivity contribution in [2.45, 2.75) is 32.8 Å². The Morgan fingerprint density at radius 3 is 2.27 bits per heavy atom. The van der Waals surface area contributed by atoms with Crippen LogP contribution in [0.15, 0.2) is 36.4 Å². The van der Waals surface area contributed by atoms with E-state index in [-0.39, 0.29) is 6.10 Å². The van der Waals surface area contributed by atoms with Gasteiger partial charge in [-0.3, -0.25) is 0 Å². The molecule has 0 amide bonds. The predicted molar refractivity (Wildman–Crippen MR) is 104 cm³/mol. The predicted octanol–water partition coefficient (Wildman–Crippen LogP) is 5.47. The number of fused-ring (bicyclic) bond motifs is 1. The lowest BCUT2D eigenvalue weighted by Crippen LogP contribution is -2.11. The van der Waals surface area contributed by atoms with Crippen LogP contribution in [-0.4, -0.2) is 20.8 Å². The third-order valence-electron chi connectivity index (χ3n) is 4.49. The Labute approximate surface area is 155 Å². The molecule has 0 saturated heterocycles. The van der Waals surface area contributed by atoms with Crippen LogP contribution in [0.4, 0.5) is 0 Å². The Balaban J connectivity index is 2.01. The summed E-state index contributed by atoms with van der Waals surface area (Å²) in [6.45, 7) is 4.80. The molecule has 0 saturated carbocycles. The van der Waals surface area contributed by atoms with E-state index in [9.17, 15) is 0 Å². The summed E-state index contributed by atoms with van der Waals surface area (Å²) in [5.74, 6) is 3.19. The highest BCUT2D eigenvalue weighted by molar-refractivity contribution is 5.81. The molecule has 138 valence electrons. The van der Waals surface area contributed by atoms with E-state index >= 15 is 0 Å². The molecule has 0 aliphatic carbocycles. The molecule has 0 radical (unpaired) electrons. The summed E-state index contributed by atoms with van der Waals surface area (Å²) >= 11 is 0. The molecule has 1 unspecified atom stereocenters. The van der Waals surface area contributed by atoms with Gasteiger partial charge in [-0.25, -0.2) is 0 Å². The molecule has 26 heavy (non-hydrogen) atoms. The van der Waals surface area contributed by atoms with Gasteiger partial charge in [0, 0.05) is 11.1 Å². The van der Waals surface area contributed by atoms with E-state index in [1.807, 2.05) is 43.3 Å². The van der Waals surface area contributed by atoms with Gasteiger partial charge in [-0.1, -0.05) is 13.3 Å². The van der Waals surface area contributed by atoms with E-state index in [1.54, 1.807) is 14.2 Å². The number of benzene rings is 2. The fourth-order valence-corrected chi connectivity index (χ4v) is 3.22. The molecule has 0 aromatic heterocycles. The highest BCUT2D eigenvalue weighted by atomic mass is 16.5.